The number of fused-ring (bicyclic) bond motifs is 24. The molecule has 776 valence electrons. The van der Waals surface area contributed by atoms with E-state index >= 15 is 0 Å². The number of halogens is 1. The van der Waals surface area contributed by atoms with E-state index in [1.54, 1.807) is 42.6 Å². The zero-order valence-corrected chi connectivity index (χ0v) is 89.2. The van der Waals surface area contributed by atoms with Gasteiger partial charge in [0.05, 0.1) is 67.2 Å². The van der Waals surface area contributed by atoms with Gasteiger partial charge in [-0.1, -0.05) is 89.2 Å². The van der Waals surface area contributed by atoms with Crippen molar-refractivity contribution in [3.8, 4) is 23.0 Å². The van der Waals surface area contributed by atoms with E-state index in [0.29, 0.717) is 105 Å². The highest BCUT2D eigenvalue weighted by molar-refractivity contribution is 9.09. The molecule has 25 heteroatoms. The highest BCUT2D eigenvalue weighted by Crippen LogP contribution is 2.74. The van der Waals surface area contributed by atoms with Crippen molar-refractivity contribution in [1.29, 1.82) is 0 Å². The number of ketones is 4. The minimum Gasteiger partial charge on any atom is -0.497 e. The maximum absolute atomic E-state index is 13.7. The zero-order valence-electron chi connectivity index (χ0n) is 87.6. The van der Waals surface area contributed by atoms with Crippen LogP contribution in [0, 0.1) is 162 Å². The monoisotopic (exact) mass is 2010 g/mol. The molecule has 4 aromatic heterocycles. The number of nitrogens with one attached hydrogen (secondary N) is 1. The molecule has 0 amide bonds. The fourth-order valence-corrected chi connectivity index (χ4v) is 37.6. The smallest absolute Gasteiger partial charge is 0.159 e. The number of methoxy groups -OCH3 is 4. The number of aliphatic hydroxyl groups is 4. The van der Waals surface area contributed by atoms with Crippen LogP contribution in [0.4, 0.5) is 0 Å². The molecule has 32 atom stereocenters. The molecular formula is C117H169BrN12O12. The number of rotatable bonds is 15. The fourth-order valence-electron chi connectivity index (χ4n) is 37.2. The van der Waals surface area contributed by atoms with Gasteiger partial charge in [-0.15, -0.1) is 10.2 Å². The Morgan fingerprint density at radius 1 is 0.324 bits per heavy atom. The number of hydrogen-bond acceptors (Lipinski definition) is 20. The lowest BCUT2D eigenvalue weighted by atomic mass is 9.44. The van der Waals surface area contributed by atoms with Gasteiger partial charge in [-0.3, -0.25) is 19.2 Å². The lowest BCUT2D eigenvalue weighted by Crippen LogP contribution is -2.55. The van der Waals surface area contributed by atoms with E-state index in [1.165, 1.54) is 116 Å². The molecule has 5 N–H and O–H groups in total. The number of Topliss-reactive ketones (excluding diaryl/α,β-unsaturated/α-hetero) is 4. The molecular weight excluding hydrogens is 1850 g/mol. The maximum Gasteiger partial charge on any atom is 0.159 e. The van der Waals surface area contributed by atoms with E-state index < -0.39 is 22.4 Å². The standard InChI is InChI=1S/3C29H41N3O3.C22H35BrO2.C7H7N3O.CH4/c1-27(34)13-14-28(2)18(16-27)5-7-20-21-8-9-23(29(21,3)12-11-22(20)28)26(33)17-32-25-10-6-19(35-4)15-24(25)30-31-32;1-27(34)13-14-28(2)18(16-27)5-7-20-21-8-9-23(29(21,3)12-11-22(20)28)26(33)17-32-25-15-19(35-4)6-10-24(25)30-31-32;1-27(34)13-14-28(2)18(16-27)5-7-20-21-8-9-23(29(21,3)12-11-22(20)28)26(33)17-32-30-24-10-6-19(35-4)15-25(24)31-32;1-20(25)10-11-21(2)14(12-20)4-5-15-16-6-7-18(19(24)13-23)22(16,3)9-8-17(15)21;1-11-5-2-3-6-7(4-5)9-10-8-6;/h3*6,10,15,18,20-23,34H,5,7-9,11-14,16-17H2,1-4H3;14-18,25H,4-13H2,1-3H3;2-4H,1H3,(H,8,9,10);1H4/t3*18-,20+,21+,22+,23-,27-,28+,29+;14-,15+,16+,17+,18-,20-,21+,22+;;/m1111../s1. The number of hydrogen-bond donors (Lipinski definition) is 5. The lowest BCUT2D eigenvalue weighted by molar-refractivity contribution is -0.151. The average molecular weight is 2020 g/mol. The predicted octanol–water partition coefficient (Wildman–Crippen LogP) is 23.2. The molecule has 0 unspecified atom stereocenters. The van der Waals surface area contributed by atoms with E-state index in [-0.39, 0.29) is 59.3 Å². The van der Waals surface area contributed by atoms with E-state index in [2.05, 4.69) is 118 Å². The summed E-state index contributed by atoms with van der Waals surface area (Å²) in [5.74, 6) is 16.4. The molecule has 24 rings (SSSR count). The molecule has 4 heterocycles. The van der Waals surface area contributed by atoms with Crippen LogP contribution in [0.1, 0.15) is 322 Å². The number of aromatic amines is 1. The van der Waals surface area contributed by atoms with Crippen molar-refractivity contribution in [3.63, 3.8) is 0 Å². The minimum atomic E-state index is -0.486. The van der Waals surface area contributed by atoms with Crippen molar-refractivity contribution in [2.24, 2.45) is 162 Å². The Hall–Kier alpha value is -7.32. The zero-order chi connectivity index (χ0) is 99.5. The highest BCUT2D eigenvalue weighted by atomic mass is 79.9. The molecule has 24 nitrogen and oxygen atoms in total. The van der Waals surface area contributed by atoms with Gasteiger partial charge in [0, 0.05) is 47.9 Å². The van der Waals surface area contributed by atoms with E-state index in [9.17, 15) is 39.6 Å². The normalized spacial score (nSPS) is 42.2. The molecule has 4 aromatic carbocycles. The Bertz CT molecular complexity index is 5920. The van der Waals surface area contributed by atoms with Gasteiger partial charge in [-0.05, 0) is 445 Å². The summed E-state index contributed by atoms with van der Waals surface area (Å²) in [5.41, 5.74) is 6.68. The van der Waals surface area contributed by atoms with Crippen LogP contribution in [0.3, 0.4) is 0 Å². The first-order valence-corrected chi connectivity index (χ1v) is 56.2. The molecule has 16 aliphatic carbocycles. The van der Waals surface area contributed by atoms with Crippen molar-refractivity contribution in [2.45, 2.75) is 364 Å². The third-order valence-electron chi connectivity index (χ3n) is 45.0. The van der Waals surface area contributed by atoms with Crippen molar-refractivity contribution < 1.29 is 58.6 Å². The number of carbonyl (C=O) groups is 4. The molecule has 16 saturated carbocycles. The van der Waals surface area contributed by atoms with Gasteiger partial charge in [0.1, 0.15) is 81.5 Å². The summed E-state index contributed by atoms with van der Waals surface area (Å²) in [7, 11) is 6.57. The molecule has 0 radical (unpaired) electrons. The predicted molar refractivity (Wildman–Crippen MR) is 557 cm³/mol. The van der Waals surface area contributed by atoms with Gasteiger partial charge in [-0.25, -0.2) is 9.36 Å². The second-order valence-corrected chi connectivity index (χ2v) is 52.7. The first-order chi connectivity index (χ1) is 67.0. The van der Waals surface area contributed by atoms with Gasteiger partial charge in [0.25, 0.3) is 0 Å². The number of carbonyl (C=O) groups excluding carboxylic acids is 4. The molecule has 142 heavy (non-hydrogen) atoms. The third kappa shape index (κ3) is 18.3. The van der Waals surface area contributed by atoms with E-state index in [4.69, 9.17) is 18.9 Å². The number of nitrogens with zero attached hydrogens (tertiary/aromatic N) is 11. The van der Waals surface area contributed by atoms with Crippen LogP contribution in [0.2, 0.25) is 0 Å². The molecule has 0 aliphatic heterocycles. The van der Waals surface area contributed by atoms with Gasteiger partial charge >= 0.3 is 0 Å². The van der Waals surface area contributed by atoms with Crippen LogP contribution in [-0.4, -0.2) is 160 Å². The minimum absolute atomic E-state index is 0. The quantitative estimate of drug-likeness (QED) is 0.0595. The summed E-state index contributed by atoms with van der Waals surface area (Å²) >= 11 is 3.43. The number of alkyl halides is 1. The molecule has 0 saturated heterocycles. The van der Waals surface area contributed by atoms with Gasteiger partial charge in [0.15, 0.2) is 17.3 Å². The summed E-state index contributed by atoms with van der Waals surface area (Å²) in [6.45, 7) is 28.9. The van der Waals surface area contributed by atoms with Crippen LogP contribution in [0.15, 0.2) is 72.8 Å². The summed E-state index contributed by atoms with van der Waals surface area (Å²) in [5, 5.41) is 80.0. The van der Waals surface area contributed by atoms with Crippen LogP contribution >= 0.6 is 15.9 Å². The van der Waals surface area contributed by atoms with E-state index in [1.807, 2.05) is 100 Å². The second kappa shape index (κ2) is 38.7. The average Bonchev–Trinajstić information content (AvgIpc) is 1.39. The SMILES string of the molecule is C.COc1ccc2c(c1)nnn2CC(=O)[C@H]1CC[C@H]2[C@@H]3CC[C@@H]4C[C@](C)(O)CC[C@]4(C)[C@H]3CC[C@]12C.COc1ccc2n[nH]nc2c1.COc1ccc2nn(CC(=O)[C@H]3CC[C@H]4[C@@H]5CC[C@@H]6C[C@](C)(O)CC[C@]6(C)[C@H]5CC[C@]34C)nc2c1.COc1ccc2nnn(CC(=O)[C@H]3CC[C@H]4[C@@H]5CC[C@@H]6C[C@](C)(O)CC[C@]6(C)[C@H]5CC[C@]34C)c2c1.C[C@@]1(O)CC[C@@]2(C)[C@H](CC[C@@H]3[C@@H]2CC[C@]2(C)[C@@H](C(=O)CBr)CC[C@@H]32)C1. The molecule has 8 aromatic rings. The third-order valence-corrected chi connectivity index (χ3v) is 45.6. The van der Waals surface area contributed by atoms with Crippen LogP contribution in [0.5, 0.6) is 23.0 Å². The number of benzene rings is 4. The van der Waals surface area contributed by atoms with Crippen molar-refractivity contribution in [1.82, 2.24) is 60.4 Å². The topological polar surface area (TPSA) is 320 Å². The Morgan fingerprint density at radius 3 is 1.01 bits per heavy atom. The molecule has 0 bridgehead atoms. The van der Waals surface area contributed by atoms with Gasteiger partial charge in [0.2, 0.25) is 0 Å². The summed E-state index contributed by atoms with van der Waals surface area (Å²) in [6.07, 6.45) is 41.1. The van der Waals surface area contributed by atoms with Crippen molar-refractivity contribution in [2.75, 3.05) is 33.8 Å². The first-order valence-electron chi connectivity index (χ1n) is 55.1. The number of ether oxygens (including phenoxy) is 4. The molecule has 16 fully saturated rings. The van der Waals surface area contributed by atoms with Crippen molar-refractivity contribution in [3.05, 3.63) is 72.8 Å². The Morgan fingerprint density at radius 2 is 0.627 bits per heavy atom. The summed E-state index contributed by atoms with van der Waals surface area (Å²) < 4.78 is 24.5. The second-order valence-electron chi connectivity index (χ2n) is 52.1. The van der Waals surface area contributed by atoms with Gasteiger partial charge in [-0.2, -0.15) is 30.4 Å². The first kappa shape index (κ1) is 103. The number of aromatic nitrogens is 12. The molecule has 16 aliphatic rings. The summed E-state index contributed by atoms with van der Waals surface area (Å²) in [4.78, 5) is 55.2. The van der Waals surface area contributed by atoms with Crippen LogP contribution < -0.4 is 18.9 Å². The Labute approximate surface area is 851 Å². The van der Waals surface area contributed by atoms with Crippen LogP contribution in [-0.2, 0) is 38.8 Å². The Kier molecular flexibility index (Phi) is 28.1. The van der Waals surface area contributed by atoms with Crippen LogP contribution in [0.25, 0.3) is 44.1 Å². The van der Waals surface area contributed by atoms with Gasteiger partial charge < -0.3 is 39.4 Å². The summed E-state index contributed by atoms with van der Waals surface area (Å²) in [6, 6.07) is 22.6. The van der Waals surface area contributed by atoms with Crippen molar-refractivity contribution >= 4 is 83.2 Å². The Balaban J connectivity index is 0.000000116. The largest absolute Gasteiger partial charge is 0.497 e. The van der Waals surface area contributed by atoms with E-state index in [0.717, 1.165) is 236 Å². The molecule has 0 spiro atoms. The number of H-pyrrole nitrogens is 1. The fraction of sp³-hybridized carbons (Fsp3) is 0.761. The lowest BCUT2D eigenvalue weighted by Gasteiger charge is -2.61. The highest BCUT2D eigenvalue weighted by Gasteiger charge is 2.68. The maximum atomic E-state index is 13.7.